The molecule has 1 aromatic rings. The van der Waals surface area contributed by atoms with Crippen LogP contribution in [0.2, 0.25) is 0 Å². The number of rotatable bonds is 3. The summed E-state index contributed by atoms with van der Waals surface area (Å²) in [5.74, 6) is 0.446. The standard InChI is InChI=1S/C17H24N4O2S/c1-10-8-18-16(24-10)15(11-6-7-11)20-17(23)21-9-14(22)19-12-4-2-3-5-13(12)21/h8,11-13,15H,2-7,9H2,1H3,(H,19,22)(H,20,23)/t12-,13+,15-/m1/s1. The SMILES string of the molecule is Cc1cnc([C@H](NC(=O)N2CC(=O)N[C@@H]3CCCC[C@@H]32)C2CC2)s1. The number of nitrogens with one attached hydrogen (secondary N) is 2. The summed E-state index contributed by atoms with van der Waals surface area (Å²) in [5, 5.41) is 7.23. The second-order valence-electron chi connectivity index (χ2n) is 7.23. The van der Waals surface area contributed by atoms with E-state index in [-0.39, 0.29) is 36.6 Å². The van der Waals surface area contributed by atoms with Crippen LogP contribution in [-0.4, -0.2) is 40.5 Å². The molecule has 3 fully saturated rings. The Morgan fingerprint density at radius 3 is 2.88 bits per heavy atom. The number of piperazine rings is 1. The largest absolute Gasteiger partial charge is 0.350 e. The summed E-state index contributed by atoms with van der Waals surface area (Å²) in [5.41, 5.74) is 0. The van der Waals surface area contributed by atoms with Gasteiger partial charge in [-0.05, 0) is 38.5 Å². The number of urea groups is 1. The number of aromatic nitrogens is 1. The normalized spacial score (nSPS) is 28.0. The fourth-order valence-corrected chi connectivity index (χ4v) is 4.86. The second kappa shape index (κ2) is 6.35. The molecule has 3 amide bonds. The molecule has 2 saturated carbocycles. The van der Waals surface area contributed by atoms with Gasteiger partial charge in [-0.25, -0.2) is 9.78 Å². The number of fused-ring (bicyclic) bond motifs is 1. The van der Waals surface area contributed by atoms with Gasteiger partial charge in [0.1, 0.15) is 11.6 Å². The third-order valence-corrected chi connectivity index (χ3v) is 6.32. The van der Waals surface area contributed by atoms with Crippen LogP contribution in [-0.2, 0) is 4.79 Å². The lowest BCUT2D eigenvalue weighted by Crippen LogP contribution is -2.64. The Labute approximate surface area is 146 Å². The topological polar surface area (TPSA) is 74.3 Å². The number of carbonyl (C=O) groups excluding carboxylic acids is 2. The molecule has 1 aliphatic heterocycles. The van der Waals surface area contributed by atoms with Crippen molar-refractivity contribution in [2.24, 2.45) is 5.92 Å². The number of hydrogen-bond donors (Lipinski definition) is 2. The minimum Gasteiger partial charge on any atom is -0.350 e. The fraction of sp³-hybridized carbons (Fsp3) is 0.706. The smallest absolute Gasteiger partial charge is 0.318 e. The molecule has 0 unspecified atom stereocenters. The maximum atomic E-state index is 12.9. The lowest BCUT2D eigenvalue weighted by molar-refractivity contribution is -0.126. The predicted octanol–water partition coefficient (Wildman–Crippen LogP) is 2.36. The zero-order valence-corrected chi connectivity index (χ0v) is 14.8. The molecule has 0 aromatic carbocycles. The van der Waals surface area contributed by atoms with E-state index in [9.17, 15) is 9.59 Å². The summed E-state index contributed by atoms with van der Waals surface area (Å²) in [7, 11) is 0. The molecule has 0 radical (unpaired) electrons. The summed E-state index contributed by atoms with van der Waals surface area (Å²) >= 11 is 1.65. The first kappa shape index (κ1) is 15.9. The molecule has 2 aliphatic carbocycles. The van der Waals surface area contributed by atoms with Gasteiger partial charge in [0.2, 0.25) is 5.91 Å². The van der Waals surface area contributed by atoms with Crippen LogP contribution in [0.4, 0.5) is 4.79 Å². The third-order valence-electron chi connectivity index (χ3n) is 5.33. The molecule has 2 N–H and O–H groups in total. The van der Waals surface area contributed by atoms with E-state index in [4.69, 9.17) is 0 Å². The van der Waals surface area contributed by atoms with Crippen molar-refractivity contribution in [1.29, 1.82) is 0 Å². The van der Waals surface area contributed by atoms with Crippen molar-refractivity contribution < 1.29 is 9.59 Å². The molecule has 130 valence electrons. The molecule has 24 heavy (non-hydrogen) atoms. The molecule has 1 saturated heterocycles. The number of aryl methyl sites for hydroxylation is 1. The van der Waals surface area contributed by atoms with Crippen LogP contribution in [0.15, 0.2) is 6.20 Å². The maximum Gasteiger partial charge on any atom is 0.318 e. The van der Waals surface area contributed by atoms with Crippen molar-refractivity contribution in [2.75, 3.05) is 6.54 Å². The predicted molar refractivity (Wildman–Crippen MR) is 91.7 cm³/mol. The van der Waals surface area contributed by atoms with Gasteiger partial charge in [-0.1, -0.05) is 12.8 Å². The summed E-state index contributed by atoms with van der Waals surface area (Å²) in [4.78, 5) is 32.3. The average molecular weight is 348 g/mol. The minimum atomic E-state index is -0.105. The van der Waals surface area contributed by atoms with Crippen molar-refractivity contribution >= 4 is 23.3 Å². The molecule has 2 heterocycles. The van der Waals surface area contributed by atoms with Gasteiger partial charge in [0.15, 0.2) is 0 Å². The lowest BCUT2D eigenvalue weighted by Gasteiger charge is -2.44. The number of amides is 3. The van der Waals surface area contributed by atoms with E-state index in [0.29, 0.717) is 5.92 Å². The lowest BCUT2D eigenvalue weighted by atomic mass is 9.87. The van der Waals surface area contributed by atoms with E-state index in [2.05, 4.69) is 15.6 Å². The zero-order chi connectivity index (χ0) is 16.7. The Hall–Kier alpha value is -1.63. The van der Waals surface area contributed by atoms with Crippen LogP contribution in [0.25, 0.3) is 0 Å². The van der Waals surface area contributed by atoms with E-state index in [1.165, 1.54) is 0 Å². The van der Waals surface area contributed by atoms with Crippen LogP contribution in [0.3, 0.4) is 0 Å². The molecule has 3 aliphatic rings. The van der Waals surface area contributed by atoms with Crippen molar-refractivity contribution in [2.45, 2.75) is 63.6 Å². The van der Waals surface area contributed by atoms with Gasteiger partial charge in [0, 0.05) is 17.1 Å². The summed E-state index contributed by atoms with van der Waals surface area (Å²) in [6.45, 7) is 2.20. The monoisotopic (exact) mass is 348 g/mol. The number of nitrogens with zero attached hydrogens (tertiary/aromatic N) is 2. The molecule has 0 spiro atoms. The van der Waals surface area contributed by atoms with E-state index in [1.807, 2.05) is 13.1 Å². The molecule has 4 rings (SSSR count). The molecule has 1 aromatic heterocycles. The molecule has 6 nitrogen and oxygen atoms in total. The third kappa shape index (κ3) is 3.14. The molecule has 3 atom stereocenters. The Kier molecular flexibility index (Phi) is 4.20. The fourth-order valence-electron chi connectivity index (χ4n) is 3.94. The quantitative estimate of drug-likeness (QED) is 0.880. The average Bonchev–Trinajstić information content (AvgIpc) is 3.32. The summed E-state index contributed by atoms with van der Waals surface area (Å²) in [6, 6.07) is 0.135. The number of carbonyl (C=O) groups is 2. The van der Waals surface area contributed by atoms with Gasteiger partial charge in [0.05, 0.1) is 12.1 Å². The first-order chi connectivity index (χ1) is 11.6. The molecule has 7 heteroatoms. The Bertz CT molecular complexity index is 642. The van der Waals surface area contributed by atoms with Crippen LogP contribution in [0.1, 0.15) is 54.5 Å². The van der Waals surface area contributed by atoms with Crippen molar-refractivity contribution in [3.8, 4) is 0 Å². The van der Waals surface area contributed by atoms with E-state index >= 15 is 0 Å². The van der Waals surface area contributed by atoms with E-state index < -0.39 is 0 Å². The Morgan fingerprint density at radius 1 is 1.38 bits per heavy atom. The first-order valence-electron chi connectivity index (χ1n) is 8.90. The van der Waals surface area contributed by atoms with Gasteiger partial charge >= 0.3 is 6.03 Å². The first-order valence-corrected chi connectivity index (χ1v) is 9.72. The highest BCUT2D eigenvalue weighted by atomic mass is 32.1. The maximum absolute atomic E-state index is 12.9. The molecular formula is C17H24N4O2S. The molecular weight excluding hydrogens is 324 g/mol. The van der Waals surface area contributed by atoms with Gasteiger partial charge in [-0.15, -0.1) is 11.3 Å². The van der Waals surface area contributed by atoms with Crippen molar-refractivity contribution in [1.82, 2.24) is 20.5 Å². The van der Waals surface area contributed by atoms with Crippen LogP contribution in [0, 0.1) is 12.8 Å². The van der Waals surface area contributed by atoms with Gasteiger partial charge in [-0.3, -0.25) is 4.79 Å². The highest BCUT2D eigenvalue weighted by molar-refractivity contribution is 7.11. The van der Waals surface area contributed by atoms with Crippen molar-refractivity contribution in [3.05, 3.63) is 16.1 Å². The number of hydrogen-bond acceptors (Lipinski definition) is 4. The highest BCUT2D eigenvalue weighted by Gasteiger charge is 2.41. The van der Waals surface area contributed by atoms with Gasteiger partial charge in [-0.2, -0.15) is 0 Å². The zero-order valence-electron chi connectivity index (χ0n) is 14.0. The number of thiazole rings is 1. The summed E-state index contributed by atoms with van der Waals surface area (Å²) < 4.78 is 0. The second-order valence-corrected chi connectivity index (χ2v) is 8.49. The van der Waals surface area contributed by atoms with E-state index in [1.54, 1.807) is 16.2 Å². The van der Waals surface area contributed by atoms with Crippen molar-refractivity contribution in [3.63, 3.8) is 0 Å². The summed E-state index contributed by atoms with van der Waals surface area (Å²) in [6.07, 6.45) is 8.33. The van der Waals surface area contributed by atoms with E-state index in [0.717, 1.165) is 48.4 Å². The highest BCUT2D eigenvalue weighted by Crippen LogP contribution is 2.42. The minimum absolute atomic E-state index is 0.0109. The van der Waals surface area contributed by atoms with Gasteiger partial charge in [0.25, 0.3) is 0 Å². The van der Waals surface area contributed by atoms with Crippen LogP contribution < -0.4 is 10.6 Å². The Balaban J connectivity index is 1.50. The molecule has 0 bridgehead atoms. The Morgan fingerprint density at radius 2 is 2.17 bits per heavy atom. The van der Waals surface area contributed by atoms with Crippen LogP contribution >= 0.6 is 11.3 Å². The van der Waals surface area contributed by atoms with Gasteiger partial charge < -0.3 is 15.5 Å². The van der Waals surface area contributed by atoms with Crippen LogP contribution in [0.5, 0.6) is 0 Å².